The molecule has 0 spiro atoms. The van der Waals surface area contributed by atoms with Gasteiger partial charge in [-0.2, -0.15) is 0 Å². The molecule has 1 fully saturated rings. The zero-order valence-electron chi connectivity index (χ0n) is 13.6. The molecule has 0 saturated heterocycles. The molecule has 8 nitrogen and oxygen atoms in total. The second kappa shape index (κ2) is 6.94. The first-order chi connectivity index (χ1) is 11.5. The van der Waals surface area contributed by atoms with Crippen LogP contribution >= 0.6 is 0 Å². The van der Waals surface area contributed by atoms with E-state index < -0.39 is 10.0 Å². The molecule has 2 aromatic rings. The van der Waals surface area contributed by atoms with Crippen LogP contribution in [0.4, 0.5) is 0 Å². The molecule has 1 N–H and O–H groups in total. The van der Waals surface area contributed by atoms with Gasteiger partial charge in [0.25, 0.3) is 0 Å². The van der Waals surface area contributed by atoms with Crippen LogP contribution in [-0.2, 0) is 16.6 Å². The molecule has 2 heterocycles. The van der Waals surface area contributed by atoms with Crippen molar-refractivity contribution in [1.82, 2.24) is 19.1 Å². The molecule has 2 aromatic heterocycles. The van der Waals surface area contributed by atoms with E-state index in [1.807, 2.05) is 6.92 Å². The Morgan fingerprint density at radius 1 is 1.42 bits per heavy atom. The average molecular weight is 354 g/mol. The highest BCUT2D eigenvalue weighted by Crippen LogP contribution is 2.36. The fourth-order valence-corrected chi connectivity index (χ4v) is 3.73. The lowest BCUT2D eigenvalue weighted by molar-refractivity contribution is 0.545. The summed E-state index contributed by atoms with van der Waals surface area (Å²) >= 11 is 0. The lowest BCUT2D eigenvalue weighted by atomic mass is 10.4. The first kappa shape index (κ1) is 17.0. The van der Waals surface area contributed by atoms with E-state index in [-0.39, 0.29) is 30.6 Å². The minimum Gasteiger partial charge on any atom is -0.461 e. The molecule has 3 rings (SSSR count). The fourth-order valence-electron chi connectivity index (χ4n) is 2.52. The van der Waals surface area contributed by atoms with Gasteiger partial charge in [0.05, 0.1) is 18.6 Å². The van der Waals surface area contributed by atoms with Gasteiger partial charge in [-0.05, 0) is 31.4 Å². The van der Waals surface area contributed by atoms with Crippen LogP contribution in [0.3, 0.4) is 0 Å². The van der Waals surface area contributed by atoms with E-state index in [1.54, 1.807) is 16.7 Å². The van der Waals surface area contributed by atoms with Crippen molar-refractivity contribution >= 4 is 10.0 Å². The zero-order valence-corrected chi connectivity index (χ0v) is 14.5. The molecule has 0 aromatic carbocycles. The summed E-state index contributed by atoms with van der Waals surface area (Å²) in [7, 11) is -3.30. The Bertz CT molecular complexity index is 831. The van der Waals surface area contributed by atoms with Crippen molar-refractivity contribution < 1.29 is 12.8 Å². The number of hydrogen-bond acceptors (Lipinski definition) is 5. The Hall–Kier alpha value is -1.87. The number of nitrogens with zero attached hydrogens (tertiary/aromatic N) is 3. The maximum atomic E-state index is 12.5. The van der Waals surface area contributed by atoms with Crippen molar-refractivity contribution in [2.45, 2.75) is 45.2 Å². The minimum atomic E-state index is -3.30. The molecule has 9 heteroatoms. The molecular formula is C15H22N4O4S. The third-order valence-corrected chi connectivity index (χ3v) is 5.41. The van der Waals surface area contributed by atoms with Crippen LogP contribution in [0, 0.1) is 0 Å². The van der Waals surface area contributed by atoms with Crippen LogP contribution in [0.25, 0.3) is 11.6 Å². The SMILES string of the molecule is CCCCS(=O)(=O)NCCn1nc(-c2ccco2)n(C2CC2)c1=O. The predicted molar refractivity (Wildman–Crippen MR) is 89.2 cm³/mol. The maximum absolute atomic E-state index is 12.5. The Kier molecular flexibility index (Phi) is 4.91. The topological polar surface area (TPSA) is 99.1 Å². The summed E-state index contributed by atoms with van der Waals surface area (Å²) in [5.41, 5.74) is -0.225. The zero-order chi connectivity index (χ0) is 17.2. The highest BCUT2D eigenvalue weighted by Gasteiger charge is 2.31. The van der Waals surface area contributed by atoms with E-state index in [9.17, 15) is 13.2 Å². The molecule has 1 saturated carbocycles. The summed E-state index contributed by atoms with van der Waals surface area (Å²) in [5, 5.41) is 4.33. The Morgan fingerprint density at radius 2 is 2.21 bits per heavy atom. The Morgan fingerprint density at radius 3 is 2.83 bits per heavy atom. The first-order valence-electron chi connectivity index (χ1n) is 8.22. The first-order valence-corrected chi connectivity index (χ1v) is 9.87. The minimum absolute atomic E-state index is 0.104. The van der Waals surface area contributed by atoms with Gasteiger partial charge in [0.1, 0.15) is 0 Å². The molecule has 0 unspecified atom stereocenters. The second-order valence-corrected chi connectivity index (χ2v) is 7.90. The molecule has 0 aliphatic heterocycles. The number of rotatable bonds is 9. The number of sulfonamides is 1. The van der Waals surface area contributed by atoms with Crippen molar-refractivity contribution in [3.05, 3.63) is 28.9 Å². The van der Waals surface area contributed by atoms with E-state index in [2.05, 4.69) is 9.82 Å². The van der Waals surface area contributed by atoms with Gasteiger partial charge in [-0.25, -0.2) is 22.6 Å². The molecule has 0 bridgehead atoms. The van der Waals surface area contributed by atoms with Gasteiger partial charge in [0.15, 0.2) is 5.76 Å². The van der Waals surface area contributed by atoms with Crippen LogP contribution in [0.15, 0.2) is 27.6 Å². The van der Waals surface area contributed by atoms with E-state index in [4.69, 9.17) is 4.42 Å². The van der Waals surface area contributed by atoms with Crippen molar-refractivity contribution in [3.8, 4) is 11.6 Å². The fraction of sp³-hybridized carbons (Fsp3) is 0.600. The Labute approximate surface area is 140 Å². The maximum Gasteiger partial charge on any atom is 0.346 e. The summed E-state index contributed by atoms with van der Waals surface area (Å²) in [6.07, 6.45) is 4.87. The van der Waals surface area contributed by atoms with E-state index >= 15 is 0 Å². The lowest BCUT2D eigenvalue weighted by Gasteiger charge is -2.05. The molecule has 132 valence electrons. The van der Waals surface area contributed by atoms with E-state index in [0.29, 0.717) is 18.0 Å². The molecule has 0 radical (unpaired) electrons. The summed E-state index contributed by atoms with van der Waals surface area (Å²) in [5.74, 6) is 1.15. The second-order valence-electron chi connectivity index (χ2n) is 5.97. The average Bonchev–Trinajstić information content (AvgIpc) is 3.12. The molecule has 1 aliphatic carbocycles. The molecule has 24 heavy (non-hydrogen) atoms. The standard InChI is InChI=1S/C15H22N4O4S/c1-2-3-11-24(21,22)16-8-9-18-15(20)19(12-6-7-12)14(17-18)13-5-4-10-23-13/h4-5,10,12,16H,2-3,6-9,11H2,1H3. The predicted octanol–water partition coefficient (Wildman–Crippen LogP) is 1.36. The molecule has 1 aliphatic rings. The van der Waals surface area contributed by atoms with Gasteiger partial charge in [0, 0.05) is 12.6 Å². The quantitative estimate of drug-likeness (QED) is 0.733. The van der Waals surface area contributed by atoms with E-state index in [0.717, 1.165) is 19.3 Å². The van der Waals surface area contributed by atoms with Crippen LogP contribution in [0.2, 0.25) is 0 Å². The van der Waals surface area contributed by atoms with Crippen LogP contribution in [0.5, 0.6) is 0 Å². The summed E-state index contributed by atoms with van der Waals surface area (Å²) in [6, 6.07) is 3.67. The smallest absolute Gasteiger partial charge is 0.346 e. The van der Waals surface area contributed by atoms with Gasteiger partial charge in [-0.3, -0.25) is 4.57 Å². The van der Waals surface area contributed by atoms with Crippen molar-refractivity contribution in [2.75, 3.05) is 12.3 Å². The summed E-state index contributed by atoms with van der Waals surface area (Å²) in [4.78, 5) is 12.5. The summed E-state index contributed by atoms with van der Waals surface area (Å²) < 4.78 is 34.4. The normalized spacial score (nSPS) is 15.0. The lowest BCUT2D eigenvalue weighted by Crippen LogP contribution is -2.33. The number of aromatic nitrogens is 3. The highest BCUT2D eigenvalue weighted by atomic mass is 32.2. The molecular weight excluding hydrogens is 332 g/mol. The third kappa shape index (κ3) is 3.78. The third-order valence-electron chi connectivity index (χ3n) is 3.94. The van der Waals surface area contributed by atoms with Crippen molar-refractivity contribution in [3.63, 3.8) is 0 Å². The van der Waals surface area contributed by atoms with Crippen LogP contribution < -0.4 is 10.4 Å². The number of nitrogens with one attached hydrogen (secondary N) is 1. The van der Waals surface area contributed by atoms with Crippen molar-refractivity contribution in [1.29, 1.82) is 0 Å². The molecule has 0 atom stereocenters. The number of unbranched alkanes of at least 4 members (excludes halogenated alkanes) is 1. The van der Waals surface area contributed by atoms with Crippen LogP contribution in [-0.4, -0.2) is 35.1 Å². The van der Waals surface area contributed by atoms with Gasteiger partial charge in [-0.15, -0.1) is 5.10 Å². The number of hydrogen-bond donors (Lipinski definition) is 1. The van der Waals surface area contributed by atoms with Gasteiger partial charge < -0.3 is 4.42 Å². The summed E-state index contributed by atoms with van der Waals surface area (Å²) in [6.45, 7) is 2.28. The number of furan rings is 1. The van der Waals surface area contributed by atoms with Crippen LogP contribution in [0.1, 0.15) is 38.6 Å². The largest absolute Gasteiger partial charge is 0.461 e. The van der Waals surface area contributed by atoms with Crippen molar-refractivity contribution in [2.24, 2.45) is 0 Å². The monoisotopic (exact) mass is 354 g/mol. The van der Waals surface area contributed by atoms with Gasteiger partial charge in [0.2, 0.25) is 15.8 Å². The Balaban J connectivity index is 1.73. The van der Waals surface area contributed by atoms with Gasteiger partial charge >= 0.3 is 5.69 Å². The van der Waals surface area contributed by atoms with E-state index in [1.165, 1.54) is 10.9 Å². The molecule has 0 amide bonds. The highest BCUT2D eigenvalue weighted by molar-refractivity contribution is 7.89. The van der Waals surface area contributed by atoms with Gasteiger partial charge in [-0.1, -0.05) is 13.3 Å².